The van der Waals surface area contributed by atoms with Gasteiger partial charge in [-0.25, -0.2) is 9.97 Å². The standard InChI is InChI=1S/C23H25N7O2/c1-23(2,32)21(31)27-17-7-4-8-18(12-17)28-22-26-13-15-9-11-30(20(15)29-22)14-16-6-5-10-25-19(16)24-3/h4-13,32H,14H2,1-3H3,(H,24,25)(H,27,31)(H,26,28,29). The normalized spacial score (nSPS) is 11.4. The third-order valence-electron chi connectivity index (χ3n) is 4.90. The molecule has 3 aromatic heterocycles. The molecule has 9 heteroatoms. The Hall–Kier alpha value is -3.98. The lowest BCUT2D eigenvalue weighted by atomic mass is 10.1. The number of aromatic nitrogens is 4. The zero-order valence-corrected chi connectivity index (χ0v) is 18.1. The molecule has 0 atom stereocenters. The van der Waals surface area contributed by atoms with Crippen molar-refractivity contribution < 1.29 is 9.90 Å². The van der Waals surface area contributed by atoms with Crippen LogP contribution >= 0.6 is 0 Å². The van der Waals surface area contributed by atoms with Crippen LogP contribution in [0, 0.1) is 0 Å². The Bertz CT molecular complexity index is 1260. The van der Waals surface area contributed by atoms with Gasteiger partial charge in [-0.1, -0.05) is 12.1 Å². The largest absolute Gasteiger partial charge is 0.381 e. The Morgan fingerprint density at radius 1 is 1.12 bits per heavy atom. The highest BCUT2D eigenvalue weighted by Gasteiger charge is 2.23. The number of amides is 1. The molecule has 4 N–H and O–H groups in total. The molecule has 0 radical (unpaired) electrons. The number of pyridine rings is 1. The quantitative estimate of drug-likeness (QED) is 0.354. The van der Waals surface area contributed by atoms with E-state index in [1.54, 1.807) is 30.6 Å². The lowest BCUT2D eigenvalue weighted by molar-refractivity contribution is -0.130. The second-order valence-electron chi connectivity index (χ2n) is 7.90. The van der Waals surface area contributed by atoms with Crippen LogP contribution in [-0.4, -0.2) is 43.2 Å². The van der Waals surface area contributed by atoms with Crippen molar-refractivity contribution in [2.75, 3.05) is 23.0 Å². The fraction of sp³-hybridized carbons (Fsp3) is 0.217. The van der Waals surface area contributed by atoms with Gasteiger partial charge in [0.05, 0.1) is 6.54 Å². The number of fused-ring (bicyclic) bond motifs is 1. The van der Waals surface area contributed by atoms with Crippen molar-refractivity contribution in [1.82, 2.24) is 19.5 Å². The van der Waals surface area contributed by atoms with Gasteiger partial charge in [0.15, 0.2) is 0 Å². The average molecular weight is 432 g/mol. The van der Waals surface area contributed by atoms with E-state index in [1.807, 2.05) is 42.1 Å². The van der Waals surface area contributed by atoms with E-state index in [0.717, 1.165) is 22.4 Å². The fourth-order valence-electron chi connectivity index (χ4n) is 3.22. The summed E-state index contributed by atoms with van der Waals surface area (Å²) in [7, 11) is 1.85. The van der Waals surface area contributed by atoms with Crippen LogP contribution in [0.15, 0.2) is 61.1 Å². The van der Waals surface area contributed by atoms with Crippen molar-refractivity contribution in [3.05, 3.63) is 66.6 Å². The lowest BCUT2D eigenvalue weighted by Crippen LogP contribution is -2.36. The van der Waals surface area contributed by atoms with Gasteiger partial charge in [0.25, 0.3) is 5.91 Å². The van der Waals surface area contributed by atoms with Crippen LogP contribution in [0.25, 0.3) is 11.0 Å². The SMILES string of the molecule is CNc1ncccc1Cn1ccc2cnc(Nc3cccc(NC(=O)C(C)(C)O)c3)nc21. The molecule has 1 aromatic carbocycles. The predicted octanol–water partition coefficient (Wildman–Crippen LogP) is 3.37. The number of carbonyl (C=O) groups excluding carboxylic acids is 1. The third-order valence-corrected chi connectivity index (χ3v) is 4.90. The Morgan fingerprint density at radius 2 is 1.94 bits per heavy atom. The van der Waals surface area contributed by atoms with Gasteiger partial charge in [-0.2, -0.15) is 4.98 Å². The van der Waals surface area contributed by atoms with E-state index in [2.05, 4.69) is 30.9 Å². The smallest absolute Gasteiger partial charge is 0.255 e. The first-order valence-corrected chi connectivity index (χ1v) is 10.2. The Balaban J connectivity index is 1.57. The van der Waals surface area contributed by atoms with Crippen LogP contribution < -0.4 is 16.0 Å². The monoisotopic (exact) mass is 431 g/mol. The molecule has 4 aromatic rings. The lowest BCUT2D eigenvalue weighted by Gasteiger charge is -2.17. The van der Waals surface area contributed by atoms with Crippen LogP contribution in [0.3, 0.4) is 0 Å². The van der Waals surface area contributed by atoms with Crippen molar-refractivity contribution in [3.8, 4) is 0 Å². The number of rotatable bonds is 7. The van der Waals surface area contributed by atoms with Crippen molar-refractivity contribution in [2.45, 2.75) is 26.0 Å². The van der Waals surface area contributed by atoms with Gasteiger partial charge in [-0.3, -0.25) is 4.79 Å². The van der Waals surface area contributed by atoms with E-state index in [0.29, 0.717) is 23.9 Å². The summed E-state index contributed by atoms with van der Waals surface area (Å²) < 4.78 is 2.04. The first kappa shape index (κ1) is 21.3. The molecular weight excluding hydrogens is 406 g/mol. The molecule has 32 heavy (non-hydrogen) atoms. The third kappa shape index (κ3) is 4.68. The van der Waals surface area contributed by atoms with E-state index in [-0.39, 0.29) is 0 Å². The number of benzene rings is 1. The van der Waals surface area contributed by atoms with Gasteiger partial charge in [0.2, 0.25) is 5.95 Å². The van der Waals surface area contributed by atoms with Crippen molar-refractivity contribution in [3.63, 3.8) is 0 Å². The number of nitrogens with one attached hydrogen (secondary N) is 3. The molecule has 0 aliphatic carbocycles. The summed E-state index contributed by atoms with van der Waals surface area (Å²) in [6.07, 6.45) is 5.50. The van der Waals surface area contributed by atoms with Crippen LogP contribution in [0.1, 0.15) is 19.4 Å². The van der Waals surface area contributed by atoms with E-state index in [1.165, 1.54) is 13.8 Å². The summed E-state index contributed by atoms with van der Waals surface area (Å²) in [6, 6.07) is 13.1. The first-order valence-electron chi connectivity index (χ1n) is 10.2. The van der Waals surface area contributed by atoms with Crippen LogP contribution in [0.5, 0.6) is 0 Å². The number of carbonyl (C=O) groups is 1. The molecule has 0 spiro atoms. The van der Waals surface area contributed by atoms with Gasteiger partial charge in [0, 0.05) is 48.0 Å². The number of hydrogen-bond donors (Lipinski definition) is 4. The van der Waals surface area contributed by atoms with E-state index in [9.17, 15) is 9.90 Å². The number of anilines is 4. The molecule has 0 bridgehead atoms. The number of aliphatic hydroxyl groups is 1. The molecular formula is C23H25N7O2. The summed E-state index contributed by atoms with van der Waals surface area (Å²) in [6.45, 7) is 3.49. The molecule has 0 saturated heterocycles. The Labute approximate surface area is 185 Å². The van der Waals surface area contributed by atoms with Gasteiger partial charge in [0.1, 0.15) is 17.1 Å². The van der Waals surface area contributed by atoms with E-state index >= 15 is 0 Å². The van der Waals surface area contributed by atoms with Gasteiger partial charge >= 0.3 is 0 Å². The maximum absolute atomic E-state index is 12.0. The summed E-state index contributed by atoms with van der Waals surface area (Å²) >= 11 is 0. The Morgan fingerprint density at radius 3 is 2.72 bits per heavy atom. The molecule has 1 amide bonds. The molecule has 4 rings (SSSR count). The molecule has 3 heterocycles. The van der Waals surface area contributed by atoms with Gasteiger partial charge < -0.3 is 25.6 Å². The minimum Gasteiger partial charge on any atom is -0.381 e. The number of hydrogen-bond acceptors (Lipinski definition) is 7. The highest BCUT2D eigenvalue weighted by molar-refractivity contribution is 5.96. The predicted molar refractivity (Wildman–Crippen MR) is 125 cm³/mol. The molecule has 0 saturated carbocycles. The first-order chi connectivity index (χ1) is 15.3. The molecule has 0 aliphatic heterocycles. The maximum Gasteiger partial charge on any atom is 0.255 e. The minimum absolute atomic E-state index is 0.434. The summed E-state index contributed by atoms with van der Waals surface area (Å²) in [5.41, 5.74) is 1.64. The summed E-state index contributed by atoms with van der Waals surface area (Å²) in [5, 5.41) is 19.8. The van der Waals surface area contributed by atoms with Gasteiger partial charge in [-0.05, 0) is 44.2 Å². The molecule has 0 unspecified atom stereocenters. The van der Waals surface area contributed by atoms with E-state index < -0.39 is 11.5 Å². The topological polar surface area (TPSA) is 117 Å². The molecule has 164 valence electrons. The zero-order chi connectivity index (χ0) is 22.7. The number of nitrogens with zero attached hydrogens (tertiary/aromatic N) is 4. The highest BCUT2D eigenvalue weighted by atomic mass is 16.3. The van der Waals surface area contributed by atoms with Crippen LogP contribution in [0.2, 0.25) is 0 Å². The second kappa shape index (κ2) is 8.64. The van der Waals surface area contributed by atoms with Crippen LogP contribution in [-0.2, 0) is 11.3 Å². The van der Waals surface area contributed by atoms with E-state index in [4.69, 9.17) is 0 Å². The minimum atomic E-state index is -1.47. The highest BCUT2D eigenvalue weighted by Crippen LogP contribution is 2.22. The van der Waals surface area contributed by atoms with Crippen LogP contribution in [0.4, 0.5) is 23.1 Å². The fourth-order valence-corrected chi connectivity index (χ4v) is 3.22. The average Bonchev–Trinajstić information content (AvgIpc) is 3.16. The Kier molecular flexibility index (Phi) is 5.74. The zero-order valence-electron chi connectivity index (χ0n) is 18.1. The maximum atomic E-state index is 12.0. The molecule has 9 nitrogen and oxygen atoms in total. The van der Waals surface area contributed by atoms with Crippen molar-refractivity contribution in [2.24, 2.45) is 0 Å². The van der Waals surface area contributed by atoms with Crippen molar-refractivity contribution in [1.29, 1.82) is 0 Å². The van der Waals surface area contributed by atoms with Gasteiger partial charge in [-0.15, -0.1) is 0 Å². The summed E-state index contributed by atoms with van der Waals surface area (Å²) in [4.78, 5) is 25.5. The molecule has 0 fully saturated rings. The summed E-state index contributed by atoms with van der Waals surface area (Å²) in [5.74, 6) is 0.775. The van der Waals surface area contributed by atoms with Crippen molar-refractivity contribution >= 4 is 40.1 Å². The molecule has 0 aliphatic rings. The second-order valence-corrected chi connectivity index (χ2v) is 7.90.